The highest BCUT2D eigenvalue weighted by molar-refractivity contribution is 7.10. The maximum absolute atomic E-state index is 6.31. The molecule has 98 valence electrons. The van der Waals surface area contributed by atoms with E-state index in [2.05, 4.69) is 5.10 Å². The van der Waals surface area contributed by atoms with Crippen molar-refractivity contribution in [2.45, 2.75) is 25.9 Å². The molecule has 2 heterocycles. The topological polar surface area (TPSA) is 53.1 Å². The summed E-state index contributed by atoms with van der Waals surface area (Å²) in [6.07, 6.45) is 1.64. The number of nitrogens with zero attached hydrogens (tertiary/aromatic N) is 2. The lowest BCUT2D eigenvalue weighted by atomic mass is 10.1. The molecule has 0 fully saturated rings. The molecule has 0 aliphatic carbocycles. The van der Waals surface area contributed by atoms with Gasteiger partial charge in [-0.3, -0.25) is 4.68 Å². The molecule has 4 nitrogen and oxygen atoms in total. The Labute approximate surface area is 115 Å². The van der Waals surface area contributed by atoms with E-state index in [1.807, 2.05) is 30.0 Å². The minimum atomic E-state index is -0.322. The van der Waals surface area contributed by atoms with Gasteiger partial charge >= 0.3 is 0 Å². The van der Waals surface area contributed by atoms with Gasteiger partial charge in [0.25, 0.3) is 0 Å². The van der Waals surface area contributed by atoms with Crippen LogP contribution in [0.1, 0.15) is 36.5 Å². The Hall–Kier alpha value is -1.04. The molecule has 0 spiro atoms. The second-order valence-corrected chi connectivity index (χ2v) is 5.60. The summed E-state index contributed by atoms with van der Waals surface area (Å²) in [6, 6.07) is 1.80. The number of nitrogens with two attached hydrogens (primary N) is 1. The average molecular weight is 286 g/mol. The molecule has 6 heteroatoms. The van der Waals surface area contributed by atoms with Crippen LogP contribution in [0.25, 0.3) is 0 Å². The Bertz CT molecular complexity index is 535. The highest BCUT2D eigenvalue weighted by atomic mass is 35.5. The molecular weight excluding hydrogens is 270 g/mol. The second-order valence-electron chi connectivity index (χ2n) is 4.25. The molecule has 1 atom stereocenters. The van der Waals surface area contributed by atoms with Crippen molar-refractivity contribution in [2.24, 2.45) is 5.73 Å². The van der Waals surface area contributed by atoms with Crippen molar-refractivity contribution < 1.29 is 4.74 Å². The van der Waals surface area contributed by atoms with Crippen LogP contribution < -0.4 is 10.5 Å². The van der Waals surface area contributed by atoms with Crippen molar-refractivity contribution in [3.05, 3.63) is 33.2 Å². The van der Waals surface area contributed by atoms with Crippen LogP contribution >= 0.6 is 22.9 Å². The van der Waals surface area contributed by atoms with Gasteiger partial charge in [-0.1, -0.05) is 11.6 Å². The van der Waals surface area contributed by atoms with Crippen molar-refractivity contribution >= 4 is 22.9 Å². The normalized spacial score (nSPS) is 13.0. The SMILES string of the molecule is COc1ccsc1C(N)c1c(Cl)cnn1C(C)C. The van der Waals surface area contributed by atoms with Gasteiger partial charge in [0.05, 0.1) is 34.9 Å². The summed E-state index contributed by atoms with van der Waals surface area (Å²) in [4.78, 5) is 0.960. The van der Waals surface area contributed by atoms with Crippen LogP contribution in [0.2, 0.25) is 5.02 Å². The number of aromatic nitrogens is 2. The predicted octanol–water partition coefficient (Wildman–Crippen LogP) is 3.24. The van der Waals surface area contributed by atoms with Crippen LogP contribution in [0.3, 0.4) is 0 Å². The van der Waals surface area contributed by atoms with E-state index < -0.39 is 0 Å². The first-order chi connectivity index (χ1) is 8.56. The minimum absolute atomic E-state index is 0.213. The number of rotatable bonds is 4. The van der Waals surface area contributed by atoms with E-state index in [-0.39, 0.29) is 12.1 Å². The van der Waals surface area contributed by atoms with Crippen LogP contribution in [0.4, 0.5) is 0 Å². The van der Waals surface area contributed by atoms with Gasteiger partial charge in [0.15, 0.2) is 0 Å². The van der Waals surface area contributed by atoms with E-state index in [0.29, 0.717) is 5.02 Å². The molecule has 18 heavy (non-hydrogen) atoms. The first-order valence-corrected chi connectivity index (χ1v) is 6.91. The Balaban J connectivity index is 2.45. The lowest BCUT2D eigenvalue weighted by Crippen LogP contribution is -2.18. The van der Waals surface area contributed by atoms with Crippen LogP contribution in [-0.2, 0) is 0 Å². The predicted molar refractivity (Wildman–Crippen MR) is 74.5 cm³/mol. The van der Waals surface area contributed by atoms with Crippen molar-refractivity contribution in [3.63, 3.8) is 0 Å². The van der Waals surface area contributed by atoms with Gasteiger partial charge in [0.2, 0.25) is 0 Å². The van der Waals surface area contributed by atoms with E-state index in [1.54, 1.807) is 24.6 Å². The summed E-state index contributed by atoms with van der Waals surface area (Å²) in [5.41, 5.74) is 7.13. The number of methoxy groups -OCH3 is 1. The highest BCUT2D eigenvalue weighted by Gasteiger charge is 2.23. The van der Waals surface area contributed by atoms with Gasteiger partial charge in [-0.05, 0) is 25.3 Å². The molecule has 0 aliphatic rings. The molecule has 0 aromatic carbocycles. The van der Waals surface area contributed by atoms with Gasteiger partial charge in [-0.2, -0.15) is 5.10 Å². The number of hydrogen-bond donors (Lipinski definition) is 1. The molecule has 0 aliphatic heterocycles. The molecule has 0 bridgehead atoms. The molecule has 0 saturated carbocycles. The maximum Gasteiger partial charge on any atom is 0.134 e. The summed E-state index contributed by atoms with van der Waals surface area (Å²) >= 11 is 7.76. The third kappa shape index (κ3) is 2.25. The molecule has 2 N–H and O–H groups in total. The Morgan fingerprint density at radius 2 is 2.22 bits per heavy atom. The third-order valence-corrected chi connectivity index (χ3v) is 4.00. The molecule has 2 aromatic heterocycles. The monoisotopic (exact) mass is 285 g/mol. The molecule has 0 radical (unpaired) electrons. The van der Waals surface area contributed by atoms with Crippen molar-refractivity contribution in [1.29, 1.82) is 0 Å². The summed E-state index contributed by atoms with van der Waals surface area (Å²) in [5.74, 6) is 0.792. The molecule has 2 rings (SSSR count). The smallest absolute Gasteiger partial charge is 0.134 e. The largest absolute Gasteiger partial charge is 0.496 e. The molecule has 0 amide bonds. The van der Waals surface area contributed by atoms with Crippen molar-refractivity contribution in [3.8, 4) is 5.75 Å². The maximum atomic E-state index is 6.31. The Morgan fingerprint density at radius 3 is 2.83 bits per heavy atom. The standard InChI is InChI=1S/C12H16ClN3OS/c1-7(2)16-11(8(13)6-15-16)10(14)12-9(17-3)4-5-18-12/h4-7,10H,14H2,1-3H3. The second kappa shape index (κ2) is 5.30. The number of halogens is 1. The van der Waals surface area contributed by atoms with Crippen LogP contribution in [0.15, 0.2) is 17.6 Å². The number of hydrogen-bond acceptors (Lipinski definition) is 4. The lowest BCUT2D eigenvalue weighted by molar-refractivity contribution is 0.409. The van der Waals surface area contributed by atoms with E-state index in [4.69, 9.17) is 22.1 Å². The number of thiophene rings is 1. The quantitative estimate of drug-likeness (QED) is 0.938. The fraction of sp³-hybridized carbons (Fsp3) is 0.417. The van der Waals surface area contributed by atoms with Crippen LogP contribution in [0, 0.1) is 0 Å². The lowest BCUT2D eigenvalue weighted by Gasteiger charge is -2.17. The van der Waals surface area contributed by atoms with Crippen LogP contribution in [0.5, 0.6) is 5.75 Å². The molecule has 1 unspecified atom stereocenters. The Morgan fingerprint density at radius 1 is 1.50 bits per heavy atom. The van der Waals surface area contributed by atoms with Gasteiger partial charge in [-0.25, -0.2) is 0 Å². The zero-order chi connectivity index (χ0) is 13.3. The van der Waals surface area contributed by atoms with E-state index >= 15 is 0 Å². The highest BCUT2D eigenvalue weighted by Crippen LogP contribution is 2.36. The first kappa shape index (κ1) is 13.4. The van der Waals surface area contributed by atoms with Gasteiger partial charge in [0, 0.05) is 6.04 Å². The summed E-state index contributed by atoms with van der Waals surface area (Å²) in [5, 5.41) is 6.82. The zero-order valence-corrected chi connectivity index (χ0v) is 12.1. The first-order valence-electron chi connectivity index (χ1n) is 5.66. The zero-order valence-electron chi connectivity index (χ0n) is 10.6. The molecular formula is C12H16ClN3OS. The summed E-state index contributed by atoms with van der Waals surface area (Å²) in [7, 11) is 1.64. The minimum Gasteiger partial charge on any atom is -0.496 e. The van der Waals surface area contributed by atoms with Gasteiger partial charge < -0.3 is 10.5 Å². The third-order valence-electron chi connectivity index (χ3n) is 2.73. The van der Waals surface area contributed by atoms with E-state index in [0.717, 1.165) is 16.3 Å². The Kier molecular flexibility index (Phi) is 3.94. The van der Waals surface area contributed by atoms with E-state index in [1.165, 1.54) is 0 Å². The van der Waals surface area contributed by atoms with Gasteiger partial charge in [0.1, 0.15) is 5.75 Å². The van der Waals surface area contributed by atoms with Crippen molar-refractivity contribution in [1.82, 2.24) is 9.78 Å². The number of ether oxygens (including phenoxy) is 1. The average Bonchev–Trinajstić information content (AvgIpc) is 2.93. The van der Waals surface area contributed by atoms with Crippen molar-refractivity contribution in [2.75, 3.05) is 7.11 Å². The fourth-order valence-corrected chi connectivity index (χ4v) is 2.99. The summed E-state index contributed by atoms with van der Waals surface area (Å²) in [6.45, 7) is 4.09. The van der Waals surface area contributed by atoms with Crippen LogP contribution in [-0.4, -0.2) is 16.9 Å². The molecule has 0 saturated heterocycles. The fourth-order valence-electron chi connectivity index (χ4n) is 1.88. The summed E-state index contributed by atoms with van der Waals surface area (Å²) < 4.78 is 7.16. The van der Waals surface area contributed by atoms with E-state index in [9.17, 15) is 0 Å². The van der Waals surface area contributed by atoms with Gasteiger partial charge in [-0.15, -0.1) is 11.3 Å². The molecule has 2 aromatic rings.